The lowest BCUT2D eigenvalue weighted by atomic mass is 10.1. The molecular weight excluding hydrogens is 310 g/mol. The Morgan fingerprint density at radius 2 is 1.87 bits per heavy atom. The Morgan fingerprint density at radius 3 is 2.61 bits per heavy atom. The van der Waals surface area contributed by atoms with Gasteiger partial charge in [0.2, 0.25) is 0 Å². The van der Waals surface area contributed by atoms with E-state index in [1.807, 2.05) is 54.6 Å². The number of benzene rings is 2. The number of para-hydroxylation sites is 1. The third-order valence-electron chi connectivity index (χ3n) is 3.66. The van der Waals surface area contributed by atoms with E-state index < -0.39 is 6.10 Å². The molecule has 0 aliphatic heterocycles. The number of anilines is 1. The van der Waals surface area contributed by atoms with Crippen molar-refractivity contribution in [3.8, 4) is 11.3 Å². The second-order valence-electron chi connectivity index (χ2n) is 5.35. The minimum atomic E-state index is -0.582. The van der Waals surface area contributed by atoms with Crippen molar-refractivity contribution in [1.29, 1.82) is 0 Å². The third kappa shape index (κ3) is 3.62. The Morgan fingerprint density at radius 1 is 1.13 bits per heavy atom. The number of rotatable bonds is 5. The van der Waals surface area contributed by atoms with E-state index in [1.54, 1.807) is 0 Å². The monoisotopic (exact) mass is 327 g/mol. The molecule has 118 valence electrons. The summed E-state index contributed by atoms with van der Waals surface area (Å²) in [6.07, 6.45) is -0.582. The van der Waals surface area contributed by atoms with E-state index in [-0.39, 0.29) is 6.54 Å². The van der Waals surface area contributed by atoms with Crippen molar-refractivity contribution >= 4 is 28.2 Å². The maximum atomic E-state index is 9.69. The molecule has 23 heavy (non-hydrogen) atoms. The molecule has 2 aromatic carbocycles. The summed E-state index contributed by atoms with van der Waals surface area (Å²) in [5.41, 5.74) is 9.13. The van der Waals surface area contributed by atoms with Crippen molar-refractivity contribution in [2.24, 2.45) is 5.73 Å². The lowest BCUT2D eigenvalue weighted by Gasteiger charge is -2.14. The van der Waals surface area contributed by atoms with Crippen molar-refractivity contribution in [1.82, 2.24) is 4.98 Å². The number of hydrogen-bond donors (Lipinski definition) is 3. The SMILES string of the molecule is NCC(O)CNc1cc(-c2ccc(Cl)cc2)nc2ccccc12. The number of aromatic nitrogens is 1. The van der Waals surface area contributed by atoms with Gasteiger partial charge >= 0.3 is 0 Å². The van der Waals surface area contributed by atoms with Crippen molar-refractivity contribution in [2.75, 3.05) is 18.4 Å². The number of nitrogens with zero attached hydrogens (tertiary/aromatic N) is 1. The molecule has 3 aromatic rings. The van der Waals surface area contributed by atoms with Gasteiger partial charge in [-0.3, -0.25) is 0 Å². The van der Waals surface area contributed by atoms with Crippen LogP contribution in [-0.4, -0.2) is 29.3 Å². The van der Waals surface area contributed by atoms with Gasteiger partial charge in [0.1, 0.15) is 0 Å². The maximum Gasteiger partial charge on any atom is 0.0834 e. The first kappa shape index (κ1) is 15.7. The molecule has 1 unspecified atom stereocenters. The smallest absolute Gasteiger partial charge is 0.0834 e. The van der Waals surface area contributed by atoms with Gasteiger partial charge in [-0.1, -0.05) is 41.9 Å². The molecule has 0 aliphatic carbocycles. The average Bonchev–Trinajstić information content (AvgIpc) is 2.59. The first-order valence-corrected chi connectivity index (χ1v) is 7.83. The number of nitrogens with one attached hydrogen (secondary N) is 1. The predicted octanol–water partition coefficient (Wildman–Crippen LogP) is 3.29. The van der Waals surface area contributed by atoms with Gasteiger partial charge in [-0.2, -0.15) is 0 Å². The first-order chi connectivity index (χ1) is 11.2. The number of aliphatic hydroxyl groups excluding tert-OH is 1. The minimum Gasteiger partial charge on any atom is -0.390 e. The second kappa shape index (κ2) is 6.96. The highest BCUT2D eigenvalue weighted by atomic mass is 35.5. The fourth-order valence-electron chi connectivity index (χ4n) is 2.40. The van der Waals surface area contributed by atoms with Crippen molar-refractivity contribution in [3.05, 3.63) is 59.6 Å². The van der Waals surface area contributed by atoms with Crippen molar-refractivity contribution in [2.45, 2.75) is 6.10 Å². The fraction of sp³-hybridized carbons (Fsp3) is 0.167. The quantitative estimate of drug-likeness (QED) is 0.672. The Kier molecular flexibility index (Phi) is 4.76. The molecule has 0 saturated heterocycles. The summed E-state index contributed by atoms with van der Waals surface area (Å²) in [4.78, 5) is 4.71. The van der Waals surface area contributed by atoms with E-state index >= 15 is 0 Å². The predicted molar refractivity (Wildman–Crippen MR) is 95.7 cm³/mol. The molecule has 0 saturated carbocycles. The summed E-state index contributed by atoms with van der Waals surface area (Å²) in [7, 11) is 0. The van der Waals surface area contributed by atoms with Crippen LogP contribution in [0.5, 0.6) is 0 Å². The number of halogens is 1. The zero-order valence-electron chi connectivity index (χ0n) is 12.5. The summed E-state index contributed by atoms with van der Waals surface area (Å²) in [5.74, 6) is 0. The normalized spacial score (nSPS) is 12.3. The van der Waals surface area contributed by atoms with Crippen LogP contribution in [0.1, 0.15) is 0 Å². The summed E-state index contributed by atoms with van der Waals surface area (Å²) >= 11 is 5.95. The van der Waals surface area contributed by atoms with Crippen LogP contribution in [0.4, 0.5) is 5.69 Å². The lowest BCUT2D eigenvalue weighted by Crippen LogP contribution is -2.27. The van der Waals surface area contributed by atoms with Gasteiger partial charge in [0.25, 0.3) is 0 Å². The van der Waals surface area contributed by atoms with Crippen LogP contribution in [0.25, 0.3) is 22.2 Å². The maximum absolute atomic E-state index is 9.69. The summed E-state index contributed by atoms with van der Waals surface area (Å²) in [5, 5.41) is 14.7. The van der Waals surface area contributed by atoms with Crippen LogP contribution in [0, 0.1) is 0 Å². The molecule has 4 N–H and O–H groups in total. The van der Waals surface area contributed by atoms with E-state index in [9.17, 15) is 5.11 Å². The van der Waals surface area contributed by atoms with Crippen LogP contribution < -0.4 is 11.1 Å². The molecule has 0 amide bonds. The molecule has 0 aliphatic rings. The number of nitrogens with two attached hydrogens (primary N) is 1. The number of fused-ring (bicyclic) bond motifs is 1. The van der Waals surface area contributed by atoms with Crippen molar-refractivity contribution < 1.29 is 5.11 Å². The zero-order valence-corrected chi connectivity index (χ0v) is 13.3. The molecule has 0 bridgehead atoms. The lowest BCUT2D eigenvalue weighted by molar-refractivity contribution is 0.196. The molecule has 5 heteroatoms. The van der Waals surface area contributed by atoms with E-state index in [2.05, 4.69) is 5.32 Å². The molecule has 0 radical (unpaired) electrons. The molecule has 1 atom stereocenters. The Hall–Kier alpha value is -2.14. The van der Waals surface area contributed by atoms with Gasteiger partial charge < -0.3 is 16.2 Å². The summed E-state index contributed by atoms with van der Waals surface area (Å²) < 4.78 is 0. The van der Waals surface area contributed by atoms with Crippen LogP contribution in [0.2, 0.25) is 5.02 Å². The van der Waals surface area contributed by atoms with E-state index in [1.165, 1.54) is 0 Å². The molecule has 0 spiro atoms. The molecule has 1 aromatic heterocycles. The molecule has 3 rings (SSSR count). The van der Waals surface area contributed by atoms with Gasteiger partial charge in [-0.25, -0.2) is 4.98 Å². The Bertz CT molecular complexity index is 805. The Balaban J connectivity index is 2.04. The van der Waals surface area contributed by atoms with Gasteiger partial charge in [0, 0.05) is 34.7 Å². The van der Waals surface area contributed by atoms with E-state index in [0.29, 0.717) is 11.6 Å². The highest BCUT2D eigenvalue weighted by Gasteiger charge is 2.09. The number of pyridine rings is 1. The topological polar surface area (TPSA) is 71.2 Å². The van der Waals surface area contributed by atoms with Gasteiger partial charge in [0.05, 0.1) is 17.3 Å². The molecule has 1 heterocycles. The van der Waals surface area contributed by atoms with Gasteiger partial charge in [0.15, 0.2) is 0 Å². The van der Waals surface area contributed by atoms with Gasteiger partial charge in [-0.15, -0.1) is 0 Å². The zero-order chi connectivity index (χ0) is 16.2. The standard InChI is InChI=1S/C18H18ClN3O/c19-13-7-5-12(6-8-13)17-9-18(21-11-14(23)10-20)15-3-1-2-4-16(15)22-17/h1-9,14,23H,10-11,20H2,(H,21,22). The van der Waals surface area contributed by atoms with Crippen molar-refractivity contribution in [3.63, 3.8) is 0 Å². The first-order valence-electron chi connectivity index (χ1n) is 7.45. The number of hydrogen-bond acceptors (Lipinski definition) is 4. The second-order valence-corrected chi connectivity index (χ2v) is 5.79. The summed E-state index contributed by atoms with van der Waals surface area (Å²) in [6, 6.07) is 17.5. The van der Waals surface area contributed by atoms with Crippen LogP contribution >= 0.6 is 11.6 Å². The minimum absolute atomic E-state index is 0.222. The highest BCUT2D eigenvalue weighted by Crippen LogP contribution is 2.28. The Labute approximate surface area is 139 Å². The average molecular weight is 328 g/mol. The largest absolute Gasteiger partial charge is 0.390 e. The van der Waals surface area contributed by atoms with Crippen LogP contribution in [-0.2, 0) is 0 Å². The van der Waals surface area contributed by atoms with Crippen LogP contribution in [0.15, 0.2) is 54.6 Å². The molecular formula is C18H18ClN3O. The number of aliphatic hydroxyl groups is 1. The fourth-order valence-corrected chi connectivity index (χ4v) is 2.53. The molecule has 0 fully saturated rings. The van der Waals surface area contributed by atoms with Crippen LogP contribution in [0.3, 0.4) is 0 Å². The molecule has 4 nitrogen and oxygen atoms in total. The van der Waals surface area contributed by atoms with Gasteiger partial charge in [-0.05, 0) is 24.3 Å². The third-order valence-corrected chi connectivity index (χ3v) is 3.91. The highest BCUT2D eigenvalue weighted by molar-refractivity contribution is 6.30. The summed E-state index contributed by atoms with van der Waals surface area (Å²) in [6.45, 7) is 0.616. The van der Waals surface area contributed by atoms with E-state index in [4.69, 9.17) is 22.3 Å². The van der Waals surface area contributed by atoms with E-state index in [0.717, 1.165) is 27.8 Å².